The summed E-state index contributed by atoms with van der Waals surface area (Å²) < 4.78 is 5.47. The molecule has 0 fully saturated rings. The van der Waals surface area contributed by atoms with E-state index >= 15 is 0 Å². The highest BCUT2D eigenvalue weighted by atomic mass is 16.5. The van der Waals surface area contributed by atoms with E-state index in [9.17, 15) is 19.8 Å². The van der Waals surface area contributed by atoms with Crippen molar-refractivity contribution in [2.75, 3.05) is 13.2 Å². The first-order valence-corrected chi connectivity index (χ1v) is 30.4. The minimum atomic E-state index is -0.663. The number of hydrogen-bond acceptors (Lipinski definition) is 5. The molecule has 0 radical (unpaired) electrons. The number of carbonyl (C=O) groups excluding carboxylic acids is 2. The largest absolute Gasteiger partial charge is 0.466 e. The summed E-state index contributed by atoms with van der Waals surface area (Å²) in [5.74, 6) is -0.0417. The van der Waals surface area contributed by atoms with E-state index in [0.29, 0.717) is 25.9 Å². The van der Waals surface area contributed by atoms with Crippen molar-refractivity contribution < 1.29 is 24.5 Å². The van der Waals surface area contributed by atoms with Crippen LogP contribution in [0.2, 0.25) is 0 Å². The van der Waals surface area contributed by atoms with Gasteiger partial charge in [-0.15, -0.1) is 0 Å². The van der Waals surface area contributed by atoms with Gasteiger partial charge in [-0.3, -0.25) is 9.59 Å². The maximum atomic E-state index is 12.4. The second-order valence-electron chi connectivity index (χ2n) is 20.7. The Morgan fingerprint density at radius 2 is 0.739 bits per heavy atom. The Labute approximate surface area is 429 Å². The lowest BCUT2D eigenvalue weighted by molar-refractivity contribution is -0.143. The van der Waals surface area contributed by atoms with E-state index in [1.54, 1.807) is 0 Å². The molecular weight excluding hydrogens is 851 g/mol. The molecule has 0 aromatic carbocycles. The number of unbranched alkanes of at least 4 members (excludes halogenated alkanes) is 37. The van der Waals surface area contributed by atoms with Crippen molar-refractivity contribution in [2.24, 2.45) is 0 Å². The zero-order chi connectivity index (χ0) is 50.0. The predicted octanol–water partition coefficient (Wildman–Crippen LogP) is 19.0. The molecule has 1 amide bonds. The number of carbonyl (C=O) groups is 2. The van der Waals surface area contributed by atoms with Crippen molar-refractivity contribution >= 4 is 11.9 Å². The molecule has 0 rings (SSSR count). The van der Waals surface area contributed by atoms with Gasteiger partial charge in [-0.05, 0) is 83.5 Å². The molecule has 2 unspecified atom stereocenters. The Morgan fingerprint density at radius 3 is 1.14 bits per heavy atom. The number of nitrogens with one attached hydrogen (secondary N) is 1. The van der Waals surface area contributed by atoms with Gasteiger partial charge >= 0.3 is 5.97 Å². The molecule has 3 N–H and O–H groups in total. The molecule has 0 saturated heterocycles. The van der Waals surface area contributed by atoms with Crippen LogP contribution in [-0.2, 0) is 14.3 Å². The molecular formula is C63H117NO5. The summed E-state index contributed by atoms with van der Waals surface area (Å²) in [4.78, 5) is 24.4. The lowest BCUT2D eigenvalue weighted by Crippen LogP contribution is -2.45. The summed E-state index contributed by atoms with van der Waals surface area (Å²) >= 11 is 0. The van der Waals surface area contributed by atoms with Gasteiger partial charge in [-0.2, -0.15) is 0 Å². The fourth-order valence-corrected chi connectivity index (χ4v) is 9.16. The van der Waals surface area contributed by atoms with E-state index in [-0.39, 0.29) is 18.5 Å². The fraction of sp³-hybridized carbons (Fsp3) is 0.841. The van der Waals surface area contributed by atoms with Crippen molar-refractivity contribution in [1.82, 2.24) is 5.32 Å². The second-order valence-corrected chi connectivity index (χ2v) is 20.7. The molecule has 0 aliphatic heterocycles. The summed E-state index contributed by atoms with van der Waals surface area (Å²) in [6.45, 7) is 4.88. The molecule has 0 aliphatic rings. The van der Waals surface area contributed by atoms with Gasteiger partial charge in [0.1, 0.15) is 0 Å². The third kappa shape index (κ3) is 55.0. The van der Waals surface area contributed by atoms with Crippen molar-refractivity contribution in [3.63, 3.8) is 0 Å². The van der Waals surface area contributed by atoms with E-state index in [0.717, 1.165) is 57.8 Å². The van der Waals surface area contributed by atoms with Gasteiger partial charge in [0.15, 0.2) is 0 Å². The number of aliphatic hydroxyl groups is 2. The van der Waals surface area contributed by atoms with Crippen LogP contribution in [0.5, 0.6) is 0 Å². The highest BCUT2D eigenvalue weighted by molar-refractivity contribution is 5.76. The quantitative estimate of drug-likeness (QED) is 0.0321. The molecule has 404 valence electrons. The van der Waals surface area contributed by atoms with Crippen molar-refractivity contribution in [3.8, 4) is 0 Å². The van der Waals surface area contributed by atoms with Gasteiger partial charge in [-0.1, -0.05) is 268 Å². The average Bonchev–Trinajstić information content (AvgIpc) is 3.35. The first-order valence-electron chi connectivity index (χ1n) is 30.4. The van der Waals surface area contributed by atoms with Crippen LogP contribution in [0.4, 0.5) is 0 Å². The number of aliphatic hydroxyl groups excluding tert-OH is 2. The Morgan fingerprint density at radius 1 is 0.406 bits per heavy atom. The number of amides is 1. The van der Waals surface area contributed by atoms with Crippen molar-refractivity contribution in [3.05, 3.63) is 48.6 Å². The number of rotatable bonds is 56. The van der Waals surface area contributed by atoms with E-state index in [1.807, 2.05) is 0 Å². The maximum Gasteiger partial charge on any atom is 0.305 e. The molecule has 0 saturated carbocycles. The van der Waals surface area contributed by atoms with Crippen LogP contribution in [0.25, 0.3) is 0 Å². The maximum absolute atomic E-state index is 12.4. The Bertz CT molecular complexity index is 1160. The van der Waals surface area contributed by atoms with Gasteiger partial charge in [0.25, 0.3) is 0 Å². The van der Waals surface area contributed by atoms with E-state index in [1.165, 1.54) is 225 Å². The molecule has 69 heavy (non-hydrogen) atoms. The van der Waals surface area contributed by atoms with Gasteiger partial charge < -0.3 is 20.3 Å². The standard InChI is InChI=1S/C63H117NO5/c1-3-5-7-9-11-13-14-15-34-37-41-45-49-53-57-63(68)69-58-54-50-46-42-38-35-32-30-28-26-24-22-20-18-16-17-19-21-23-25-27-29-31-33-36-40-44-48-52-56-62(67)64-60(59-65)61(66)55-51-47-43-39-12-10-8-6-4-2/h9,11,14-16,18,22,24,60-61,65-66H,3-8,10,12-13,17,19-21,23,25-59H2,1-2H3,(H,64,67)/b11-9-,15-14-,18-16-,24-22-. The molecule has 6 heteroatoms. The summed E-state index contributed by atoms with van der Waals surface area (Å²) in [5, 5.41) is 23.1. The zero-order valence-corrected chi connectivity index (χ0v) is 46.0. The second kappa shape index (κ2) is 58.4. The van der Waals surface area contributed by atoms with Gasteiger partial charge in [0, 0.05) is 12.8 Å². The molecule has 6 nitrogen and oxygen atoms in total. The van der Waals surface area contributed by atoms with Crippen molar-refractivity contribution in [2.45, 2.75) is 328 Å². The Hall–Kier alpha value is -2.18. The molecule has 2 atom stereocenters. The SMILES string of the molecule is CCCC/C=C\C/C=C\CCCCCCCC(=O)OCCCCCCCCCCC/C=C\C/C=C\CCCCCCCCCCCCCCCC(=O)NC(CO)C(O)CCCCCCCCCCC. The molecule has 0 spiro atoms. The number of esters is 1. The van der Waals surface area contributed by atoms with Gasteiger partial charge in [0.2, 0.25) is 5.91 Å². The average molecular weight is 969 g/mol. The van der Waals surface area contributed by atoms with Crippen LogP contribution in [0.1, 0.15) is 316 Å². The van der Waals surface area contributed by atoms with Crippen LogP contribution >= 0.6 is 0 Å². The normalized spacial score (nSPS) is 12.9. The Kier molecular flexibility index (Phi) is 56.5. The van der Waals surface area contributed by atoms with Gasteiger partial charge in [-0.25, -0.2) is 0 Å². The fourth-order valence-electron chi connectivity index (χ4n) is 9.16. The highest BCUT2D eigenvalue weighted by Gasteiger charge is 2.20. The van der Waals surface area contributed by atoms with Crippen LogP contribution in [0, 0.1) is 0 Å². The topological polar surface area (TPSA) is 95.9 Å². The van der Waals surface area contributed by atoms with E-state index in [2.05, 4.69) is 67.8 Å². The van der Waals surface area contributed by atoms with Crippen LogP contribution in [0.15, 0.2) is 48.6 Å². The first-order chi connectivity index (χ1) is 34.0. The molecule has 0 bridgehead atoms. The lowest BCUT2D eigenvalue weighted by atomic mass is 10.0. The molecule has 0 heterocycles. The summed E-state index contributed by atoms with van der Waals surface area (Å²) in [5.41, 5.74) is 0. The number of ether oxygens (including phenoxy) is 1. The minimum absolute atomic E-state index is 0.00319. The lowest BCUT2D eigenvalue weighted by Gasteiger charge is -2.22. The number of hydrogen-bond donors (Lipinski definition) is 3. The predicted molar refractivity (Wildman–Crippen MR) is 301 cm³/mol. The third-order valence-electron chi connectivity index (χ3n) is 13.9. The number of allylic oxidation sites excluding steroid dienone is 8. The molecule has 0 aliphatic carbocycles. The first kappa shape index (κ1) is 66.8. The Balaban J connectivity index is 3.39. The van der Waals surface area contributed by atoms with Crippen LogP contribution in [-0.4, -0.2) is 47.4 Å². The summed E-state index contributed by atoms with van der Waals surface area (Å²) in [6, 6.07) is -0.540. The third-order valence-corrected chi connectivity index (χ3v) is 13.9. The zero-order valence-electron chi connectivity index (χ0n) is 46.0. The van der Waals surface area contributed by atoms with E-state index in [4.69, 9.17) is 4.74 Å². The minimum Gasteiger partial charge on any atom is -0.466 e. The smallest absolute Gasteiger partial charge is 0.305 e. The molecule has 0 aromatic rings. The monoisotopic (exact) mass is 968 g/mol. The van der Waals surface area contributed by atoms with Gasteiger partial charge in [0.05, 0.1) is 25.4 Å². The summed E-state index contributed by atoms with van der Waals surface area (Å²) in [7, 11) is 0. The van der Waals surface area contributed by atoms with E-state index < -0.39 is 12.1 Å². The highest BCUT2D eigenvalue weighted by Crippen LogP contribution is 2.17. The summed E-state index contributed by atoms with van der Waals surface area (Å²) in [6.07, 6.45) is 74.2. The molecule has 0 aromatic heterocycles. The van der Waals surface area contributed by atoms with Crippen molar-refractivity contribution in [1.29, 1.82) is 0 Å². The van der Waals surface area contributed by atoms with Crippen LogP contribution < -0.4 is 5.32 Å². The van der Waals surface area contributed by atoms with Crippen LogP contribution in [0.3, 0.4) is 0 Å².